The topological polar surface area (TPSA) is 80.3 Å². The van der Waals surface area contributed by atoms with Crippen molar-refractivity contribution < 1.29 is 29.9 Å². The van der Waals surface area contributed by atoms with Crippen molar-refractivity contribution in [2.45, 2.75) is 0 Å². The Balaban J connectivity index is -0.0000000800. The Labute approximate surface area is 67.4 Å². The van der Waals surface area contributed by atoms with Crippen LogP contribution in [0, 0.1) is 12.4 Å². The third-order valence-electron chi connectivity index (χ3n) is 0. The molecule has 0 rings (SSSR count). The van der Waals surface area contributed by atoms with Gasteiger partial charge >= 0.3 is 39.7 Å². The van der Waals surface area contributed by atoms with Gasteiger partial charge in [0, 0.05) is 10.4 Å². The van der Waals surface area contributed by atoms with Crippen molar-refractivity contribution in [2.24, 2.45) is 0 Å². The molecule has 0 atom stereocenters. The quantitative estimate of drug-likeness (QED) is 0.299. The third kappa shape index (κ3) is 156. The second-order valence-corrected chi connectivity index (χ2v) is 1.22. The van der Waals surface area contributed by atoms with Gasteiger partial charge in [-0.05, 0) is 0 Å². The Morgan fingerprint density at radius 1 is 1.14 bits per heavy atom. The van der Waals surface area contributed by atoms with Gasteiger partial charge in [-0.2, -0.15) is 0 Å². The molecule has 4 radical (unpaired) electrons. The van der Waals surface area contributed by atoms with Crippen LogP contribution in [0.1, 0.15) is 0 Å². The zero-order valence-electron chi connectivity index (χ0n) is 2.92. The number of rotatable bonds is 0. The molecule has 0 aliphatic carbocycles. The van der Waals surface area contributed by atoms with Crippen LogP contribution in [0.15, 0.2) is 0 Å². The summed E-state index contributed by atoms with van der Waals surface area (Å²) < 4.78 is 34.1. The average molecular weight is 339 g/mol. The normalized spacial score (nSPS) is 8.29. The summed E-state index contributed by atoms with van der Waals surface area (Å²) in [7, 11) is -5.17. The van der Waals surface area contributed by atoms with E-state index in [1.165, 1.54) is 0 Å². The molecule has 7 heteroatoms. The first-order chi connectivity index (χ1) is 2.00. The molecule has 7 heavy (non-hydrogen) atoms. The molecular weight excluding hydrogens is 339 g/mol. The van der Waals surface area contributed by atoms with Gasteiger partial charge in [-0.15, -0.1) is 0 Å². The zero-order valence-corrected chi connectivity index (χ0v) is 8.38. The predicted molar refractivity (Wildman–Crippen MR) is 16.2 cm³/mol. The van der Waals surface area contributed by atoms with E-state index in [-0.39, 0.29) is 39.7 Å². The molecule has 0 heterocycles. The van der Waals surface area contributed by atoms with E-state index in [1.807, 2.05) is 0 Å². The molecule has 0 N–H and O–H groups in total. The van der Waals surface area contributed by atoms with E-state index in [9.17, 15) is 0 Å². The summed E-state index contributed by atoms with van der Waals surface area (Å²) in [6.07, 6.45) is 0. The van der Waals surface area contributed by atoms with Gasteiger partial charge in [0.1, 0.15) is 0 Å². The minimum atomic E-state index is -5.17. The Morgan fingerprint density at radius 3 is 1.14 bits per heavy atom. The van der Waals surface area contributed by atoms with Crippen LogP contribution in [0.4, 0.5) is 0 Å². The van der Waals surface area contributed by atoms with E-state index in [0.29, 0.717) is 0 Å². The molecule has 0 saturated heterocycles. The van der Waals surface area contributed by atoms with Gasteiger partial charge in [-0.3, -0.25) is 8.42 Å². The molecular formula is ClO4PbS+. The molecule has 0 saturated carbocycles. The maximum Gasteiger partial charge on any atom is 2.00 e. The van der Waals surface area contributed by atoms with Gasteiger partial charge in [-0.1, -0.05) is 0 Å². The summed E-state index contributed by atoms with van der Waals surface area (Å²) in [6.45, 7) is 0. The summed E-state index contributed by atoms with van der Waals surface area (Å²) in [5.41, 5.74) is 0. The smallest absolute Gasteiger partial charge is 0.759 e. The Kier molecular flexibility index (Phi) is 11.7. The Morgan fingerprint density at radius 2 is 1.14 bits per heavy atom. The van der Waals surface area contributed by atoms with Crippen LogP contribution in [-0.2, 0) is 10.4 Å². The van der Waals surface area contributed by atoms with Gasteiger partial charge in [0.25, 0.3) is 0 Å². The van der Waals surface area contributed by atoms with Crippen LogP contribution >= 0.6 is 0 Å². The Bertz CT molecular complexity index is 94.9. The van der Waals surface area contributed by atoms with E-state index in [4.69, 9.17) is 17.5 Å². The van der Waals surface area contributed by atoms with Crippen molar-refractivity contribution in [3.63, 3.8) is 0 Å². The molecule has 0 aromatic heterocycles. The molecule has 0 aliphatic rings. The van der Waals surface area contributed by atoms with Crippen LogP contribution in [0.3, 0.4) is 0 Å². The summed E-state index contributed by atoms with van der Waals surface area (Å²) >= 11 is 0. The van der Waals surface area contributed by atoms with Gasteiger partial charge in [0.05, 0.1) is 0 Å². The van der Waals surface area contributed by atoms with Crippen LogP contribution in [0.25, 0.3) is 0 Å². The fourth-order valence-corrected chi connectivity index (χ4v) is 0. The summed E-state index contributed by atoms with van der Waals surface area (Å²) in [4.78, 5) is 0. The SMILES string of the molecule is O=S(=O)([O-])[O-].[Cl+].[Pb+2]. The maximum absolute atomic E-state index is 8.52. The second kappa shape index (κ2) is 5.22. The fourth-order valence-electron chi connectivity index (χ4n) is 0. The summed E-state index contributed by atoms with van der Waals surface area (Å²) in [5, 5.41) is 0. The van der Waals surface area contributed by atoms with Crippen molar-refractivity contribution in [2.75, 3.05) is 0 Å². The standard InChI is InChI=1S/Cl.H2O4S.Pb/c;1-5(2,3)4;/h;(H2,1,2,3,4);/q+1;;+2/p-2. The largest absolute Gasteiger partial charge is 2.00 e. The molecule has 0 spiro atoms. The van der Waals surface area contributed by atoms with Gasteiger partial charge in [0.2, 0.25) is 0 Å². The maximum atomic E-state index is 8.52. The fraction of sp³-hybridized carbons (Fsp3) is 0. The summed E-state index contributed by atoms with van der Waals surface area (Å²) in [5.74, 6) is 0. The van der Waals surface area contributed by atoms with Crippen molar-refractivity contribution in [1.29, 1.82) is 0 Å². The first kappa shape index (κ1) is 15.7. The van der Waals surface area contributed by atoms with Crippen molar-refractivity contribution in [3.05, 3.63) is 0 Å². The summed E-state index contributed by atoms with van der Waals surface area (Å²) in [6, 6.07) is 0. The molecule has 0 aliphatic heterocycles. The molecule has 0 aromatic rings. The third-order valence-corrected chi connectivity index (χ3v) is 0. The van der Waals surface area contributed by atoms with Gasteiger partial charge < -0.3 is 9.11 Å². The number of hydrogen-bond donors (Lipinski definition) is 0. The van der Waals surface area contributed by atoms with E-state index in [2.05, 4.69) is 0 Å². The molecule has 4 nitrogen and oxygen atoms in total. The number of hydrogen-bond acceptors (Lipinski definition) is 4. The zero-order chi connectivity index (χ0) is 4.50. The average Bonchev–Trinajstić information content (AvgIpc) is 0.722. The molecule has 40 valence electrons. The van der Waals surface area contributed by atoms with E-state index >= 15 is 0 Å². The van der Waals surface area contributed by atoms with Crippen LogP contribution in [-0.4, -0.2) is 44.8 Å². The molecule has 0 amide bonds. The number of halogens is 1. The predicted octanol–water partition coefficient (Wildman–Crippen LogP) is -1.72. The molecule has 0 unspecified atom stereocenters. The van der Waals surface area contributed by atoms with Crippen molar-refractivity contribution in [3.8, 4) is 0 Å². The molecule has 0 fully saturated rings. The first-order valence-electron chi connectivity index (χ1n) is 0.667. The Hall–Kier alpha value is 1.08. The van der Waals surface area contributed by atoms with E-state index < -0.39 is 10.4 Å². The first-order valence-corrected chi connectivity index (χ1v) is 2.00. The monoisotopic (exact) mass is 339 g/mol. The van der Waals surface area contributed by atoms with Crippen molar-refractivity contribution in [1.82, 2.24) is 0 Å². The van der Waals surface area contributed by atoms with Crippen LogP contribution in [0.2, 0.25) is 0 Å². The second-order valence-electron chi connectivity index (χ2n) is 0.408. The van der Waals surface area contributed by atoms with E-state index in [1.54, 1.807) is 0 Å². The molecule has 0 aromatic carbocycles. The van der Waals surface area contributed by atoms with E-state index in [0.717, 1.165) is 0 Å². The minimum absolute atomic E-state index is 0. The van der Waals surface area contributed by atoms with Crippen molar-refractivity contribution >= 4 is 37.7 Å². The van der Waals surface area contributed by atoms with Gasteiger partial charge in [-0.25, -0.2) is 0 Å². The van der Waals surface area contributed by atoms with Gasteiger partial charge in [0.15, 0.2) is 0 Å². The minimum Gasteiger partial charge on any atom is -0.759 e. The van der Waals surface area contributed by atoms with Crippen LogP contribution < -0.4 is 0 Å². The van der Waals surface area contributed by atoms with Crippen LogP contribution in [0.5, 0.6) is 0 Å². The molecule has 0 bridgehead atoms.